The number of tetrazole rings is 1. The number of benzene rings is 1. The predicted octanol–water partition coefficient (Wildman–Crippen LogP) is 1.10. The van der Waals surface area contributed by atoms with E-state index in [0.717, 1.165) is 14.7 Å². The Hall–Kier alpha value is -2.55. The van der Waals surface area contributed by atoms with Crippen molar-refractivity contribution in [3.05, 3.63) is 57.3 Å². The Labute approximate surface area is 133 Å². The molecule has 0 spiro atoms. The van der Waals surface area contributed by atoms with Crippen LogP contribution in [0.1, 0.15) is 5.56 Å². The molecule has 0 aliphatic heterocycles. The van der Waals surface area contributed by atoms with E-state index in [-0.39, 0.29) is 12.3 Å². The van der Waals surface area contributed by atoms with Gasteiger partial charge in [0, 0.05) is 29.5 Å². The van der Waals surface area contributed by atoms with Gasteiger partial charge in [-0.2, -0.15) is 9.36 Å². The lowest BCUT2D eigenvalue weighted by atomic mass is 10.2. The standard InChI is InChI=1S/C13H11BrN6O2/c1-19-13(21)20(18-17-19)11-4-2-3-10(14)9(11)8-22-12-7-15-5-6-16-12/h2-7H,8H2,1H3. The molecule has 0 aliphatic carbocycles. The number of hydrogen-bond donors (Lipinski definition) is 0. The first-order valence-electron chi connectivity index (χ1n) is 6.32. The van der Waals surface area contributed by atoms with Crippen molar-refractivity contribution in [1.82, 2.24) is 29.8 Å². The molecule has 0 atom stereocenters. The van der Waals surface area contributed by atoms with Gasteiger partial charge in [0.25, 0.3) is 0 Å². The molecule has 1 aromatic carbocycles. The molecule has 22 heavy (non-hydrogen) atoms. The van der Waals surface area contributed by atoms with E-state index in [1.54, 1.807) is 25.5 Å². The number of aromatic nitrogens is 6. The van der Waals surface area contributed by atoms with Gasteiger partial charge in [-0.25, -0.2) is 9.78 Å². The zero-order valence-electron chi connectivity index (χ0n) is 11.5. The van der Waals surface area contributed by atoms with E-state index in [1.807, 2.05) is 12.1 Å². The second kappa shape index (κ2) is 6.06. The van der Waals surface area contributed by atoms with Gasteiger partial charge in [0.05, 0.1) is 11.9 Å². The quantitative estimate of drug-likeness (QED) is 0.690. The molecule has 0 fully saturated rings. The average Bonchev–Trinajstić information content (AvgIpc) is 2.86. The van der Waals surface area contributed by atoms with E-state index in [9.17, 15) is 4.79 Å². The van der Waals surface area contributed by atoms with Crippen LogP contribution in [0.25, 0.3) is 5.69 Å². The number of aryl methyl sites for hydroxylation is 1. The number of nitrogens with zero attached hydrogens (tertiary/aromatic N) is 6. The molecule has 0 saturated heterocycles. The molecule has 0 unspecified atom stereocenters. The van der Waals surface area contributed by atoms with Gasteiger partial charge in [0.1, 0.15) is 6.61 Å². The van der Waals surface area contributed by atoms with Gasteiger partial charge in [-0.05, 0) is 22.6 Å². The second-order valence-electron chi connectivity index (χ2n) is 4.37. The van der Waals surface area contributed by atoms with Gasteiger partial charge in [-0.3, -0.25) is 4.98 Å². The third kappa shape index (κ3) is 2.75. The summed E-state index contributed by atoms with van der Waals surface area (Å²) in [5, 5.41) is 7.58. The minimum Gasteiger partial charge on any atom is -0.472 e. The topological polar surface area (TPSA) is 87.7 Å². The molecule has 3 rings (SSSR count). The molecule has 8 nitrogen and oxygen atoms in total. The van der Waals surface area contributed by atoms with Crippen LogP contribution in [0.2, 0.25) is 0 Å². The normalized spacial score (nSPS) is 10.6. The molecule has 0 aliphatic rings. The first-order valence-corrected chi connectivity index (χ1v) is 7.11. The molecule has 0 amide bonds. The third-order valence-corrected chi connectivity index (χ3v) is 3.69. The Morgan fingerprint density at radius 3 is 2.82 bits per heavy atom. The maximum Gasteiger partial charge on any atom is 0.368 e. The molecule has 0 bridgehead atoms. The average molecular weight is 363 g/mol. The second-order valence-corrected chi connectivity index (χ2v) is 5.22. The zero-order chi connectivity index (χ0) is 15.5. The molecule has 0 N–H and O–H groups in total. The monoisotopic (exact) mass is 362 g/mol. The summed E-state index contributed by atoms with van der Waals surface area (Å²) in [7, 11) is 1.54. The highest BCUT2D eigenvalue weighted by Crippen LogP contribution is 2.23. The molecular formula is C13H11BrN6O2. The molecule has 9 heteroatoms. The summed E-state index contributed by atoms with van der Waals surface area (Å²) in [4.78, 5) is 20.0. The SMILES string of the molecule is Cn1nnn(-c2cccc(Br)c2COc2cnccn2)c1=O. The fourth-order valence-electron chi connectivity index (χ4n) is 1.86. The lowest BCUT2D eigenvalue weighted by Crippen LogP contribution is -2.23. The number of hydrogen-bond acceptors (Lipinski definition) is 6. The van der Waals surface area contributed by atoms with Crippen molar-refractivity contribution in [1.29, 1.82) is 0 Å². The Bertz CT molecular complexity index is 845. The third-order valence-electron chi connectivity index (χ3n) is 2.95. The van der Waals surface area contributed by atoms with Gasteiger partial charge < -0.3 is 4.74 Å². The number of rotatable bonds is 4. The molecule has 112 valence electrons. The summed E-state index contributed by atoms with van der Waals surface area (Å²) in [5.41, 5.74) is 1.02. The van der Waals surface area contributed by atoms with Crippen LogP contribution in [0, 0.1) is 0 Å². The van der Waals surface area contributed by atoms with Crippen LogP contribution in [0.15, 0.2) is 46.1 Å². The summed E-state index contributed by atoms with van der Waals surface area (Å²) < 4.78 is 8.79. The van der Waals surface area contributed by atoms with Gasteiger partial charge >= 0.3 is 5.69 Å². The first-order chi connectivity index (χ1) is 10.7. The highest BCUT2D eigenvalue weighted by Gasteiger charge is 2.14. The fraction of sp³-hybridized carbons (Fsp3) is 0.154. The summed E-state index contributed by atoms with van der Waals surface area (Å²) in [6.45, 7) is 0.207. The van der Waals surface area contributed by atoms with Crippen molar-refractivity contribution in [2.24, 2.45) is 7.05 Å². The Kier molecular flexibility index (Phi) is 3.96. The number of halogens is 1. The summed E-state index contributed by atoms with van der Waals surface area (Å²) >= 11 is 3.46. The van der Waals surface area contributed by atoms with Crippen LogP contribution in [0.5, 0.6) is 5.88 Å². The molecule has 3 aromatic rings. The summed E-state index contributed by atoms with van der Waals surface area (Å²) in [5.74, 6) is 0.399. The van der Waals surface area contributed by atoms with Crippen molar-refractivity contribution in [3.63, 3.8) is 0 Å². The van der Waals surface area contributed by atoms with Crippen molar-refractivity contribution < 1.29 is 4.74 Å². The zero-order valence-corrected chi connectivity index (χ0v) is 13.1. The lowest BCUT2D eigenvalue weighted by molar-refractivity contribution is 0.291. The maximum atomic E-state index is 12.0. The lowest BCUT2D eigenvalue weighted by Gasteiger charge is -2.11. The van der Waals surface area contributed by atoms with Crippen molar-refractivity contribution in [2.45, 2.75) is 6.61 Å². The van der Waals surface area contributed by atoms with E-state index in [1.165, 1.54) is 10.9 Å². The highest BCUT2D eigenvalue weighted by molar-refractivity contribution is 9.10. The predicted molar refractivity (Wildman–Crippen MR) is 80.7 cm³/mol. The van der Waals surface area contributed by atoms with Crippen LogP contribution in [0.3, 0.4) is 0 Å². The number of ether oxygens (including phenoxy) is 1. The first kappa shape index (κ1) is 14.4. The van der Waals surface area contributed by atoms with E-state index in [0.29, 0.717) is 11.6 Å². The smallest absolute Gasteiger partial charge is 0.368 e. The van der Waals surface area contributed by atoms with Crippen LogP contribution in [-0.4, -0.2) is 29.8 Å². The summed E-state index contributed by atoms with van der Waals surface area (Å²) in [6.07, 6.45) is 4.63. The van der Waals surface area contributed by atoms with E-state index < -0.39 is 0 Å². The van der Waals surface area contributed by atoms with Crippen molar-refractivity contribution >= 4 is 15.9 Å². The van der Waals surface area contributed by atoms with Gasteiger partial charge in [0.15, 0.2) is 0 Å². The van der Waals surface area contributed by atoms with Crippen molar-refractivity contribution in [2.75, 3.05) is 0 Å². The van der Waals surface area contributed by atoms with Crippen LogP contribution in [0.4, 0.5) is 0 Å². The van der Waals surface area contributed by atoms with Gasteiger partial charge in [-0.1, -0.05) is 22.0 Å². The van der Waals surface area contributed by atoms with Crippen LogP contribution in [-0.2, 0) is 13.7 Å². The Morgan fingerprint density at radius 1 is 1.27 bits per heavy atom. The van der Waals surface area contributed by atoms with Crippen LogP contribution >= 0.6 is 15.9 Å². The molecule has 2 aromatic heterocycles. The van der Waals surface area contributed by atoms with Crippen LogP contribution < -0.4 is 10.4 Å². The molecule has 2 heterocycles. The molecular weight excluding hydrogens is 352 g/mol. The van der Waals surface area contributed by atoms with Gasteiger partial charge in [-0.15, -0.1) is 0 Å². The largest absolute Gasteiger partial charge is 0.472 e. The Balaban J connectivity index is 1.97. The fourth-order valence-corrected chi connectivity index (χ4v) is 2.33. The van der Waals surface area contributed by atoms with E-state index >= 15 is 0 Å². The van der Waals surface area contributed by atoms with Gasteiger partial charge in [0.2, 0.25) is 5.88 Å². The highest BCUT2D eigenvalue weighted by atomic mass is 79.9. The molecule has 0 radical (unpaired) electrons. The van der Waals surface area contributed by atoms with E-state index in [2.05, 4.69) is 36.3 Å². The minimum atomic E-state index is -0.334. The van der Waals surface area contributed by atoms with Crippen molar-refractivity contribution in [3.8, 4) is 11.6 Å². The minimum absolute atomic E-state index is 0.207. The maximum absolute atomic E-state index is 12.0. The van der Waals surface area contributed by atoms with E-state index in [4.69, 9.17) is 4.74 Å². The Morgan fingerprint density at radius 2 is 2.14 bits per heavy atom. The summed E-state index contributed by atoms with van der Waals surface area (Å²) in [6, 6.07) is 5.45. The molecule has 0 saturated carbocycles.